The quantitative estimate of drug-likeness (QED) is 0.811. The Hall–Kier alpha value is 0.610. The predicted octanol–water partition coefficient (Wildman–Crippen LogP) is 2.79. The van der Waals surface area contributed by atoms with Crippen molar-refractivity contribution in [3.8, 4) is 0 Å². The van der Waals surface area contributed by atoms with Crippen molar-refractivity contribution in [3.05, 3.63) is 0 Å². The second-order valence-corrected chi connectivity index (χ2v) is 5.91. The first-order valence-corrected chi connectivity index (χ1v) is 7.03. The van der Waals surface area contributed by atoms with Crippen molar-refractivity contribution in [2.75, 3.05) is 26.2 Å². The molecule has 8 heteroatoms. The van der Waals surface area contributed by atoms with E-state index in [2.05, 4.69) is 23.6 Å². The van der Waals surface area contributed by atoms with Crippen LogP contribution in [0.5, 0.6) is 0 Å². The average molecular weight is 371 g/mol. The van der Waals surface area contributed by atoms with Gasteiger partial charge >= 0.3 is 0 Å². The molecule has 0 bridgehead atoms. The van der Waals surface area contributed by atoms with Gasteiger partial charge in [0.05, 0.1) is 6.04 Å². The zero-order valence-electron chi connectivity index (χ0n) is 12.6. The summed E-state index contributed by atoms with van der Waals surface area (Å²) < 4.78 is 27.3. The van der Waals surface area contributed by atoms with Gasteiger partial charge in [-0.3, -0.25) is 9.80 Å². The SMILES string of the molecule is CC(C)N1CCN([C@H]2CCCC(F)(F)[C@@H]2N)CC1.Cl.Cl.Cl. The van der Waals surface area contributed by atoms with Crippen LogP contribution in [0.4, 0.5) is 8.78 Å². The van der Waals surface area contributed by atoms with E-state index in [9.17, 15) is 8.78 Å². The van der Waals surface area contributed by atoms with E-state index in [-0.39, 0.29) is 49.7 Å². The molecule has 0 spiro atoms. The number of alkyl halides is 2. The van der Waals surface area contributed by atoms with Gasteiger partial charge in [0.1, 0.15) is 0 Å². The van der Waals surface area contributed by atoms with Gasteiger partial charge in [-0.1, -0.05) is 0 Å². The van der Waals surface area contributed by atoms with Crippen LogP contribution in [0.3, 0.4) is 0 Å². The first kappa shape index (κ1) is 23.9. The van der Waals surface area contributed by atoms with E-state index < -0.39 is 12.0 Å². The first-order chi connectivity index (χ1) is 8.42. The lowest BCUT2D eigenvalue weighted by Gasteiger charge is -2.46. The minimum absolute atomic E-state index is 0. The maximum atomic E-state index is 13.6. The molecule has 130 valence electrons. The van der Waals surface area contributed by atoms with Crippen molar-refractivity contribution in [3.63, 3.8) is 0 Å². The van der Waals surface area contributed by atoms with E-state index in [0.717, 1.165) is 32.6 Å². The van der Waals surface area contributed by atoms with E-state index in [4.69, 9.17) is 5.73 Å². The monoisotopic (exact) mass is 369 g/mol. The Morgan fingerprint density at radius 1 is 1.05 bits per heavy atom. The van der Waals surface area contributed by atoms with Crippen molar-refractivity contribution in [1.82, 2.24) is 9.80 Å². The largest absolute Gasteiger partial charge is 0.321 e. The number of halogens is 5. The van der Waals surface area contributed by atoms with Gasteiger partial charge in [0, 0.05) is 44.7 Å². The third-order valence-corrected chi connectivity index (χ3v) is 4.46. The summed E-state index contributed by atoms with van der Waals surface area (Å²) in [5.41, 5.74) is 5.78. The van der Waals surface area contributed by atoms with Gasteiger partial charge in [-0.15, -0.1) is 37.2 Å². The van der Waals surface area contributed by atoms with Crippen LogP contribution < -0.4 is 5.73 Å². The maximum absolute atomic E-state index is 13.6. The van der Waals surface area contributed by atoms with Crippen LogP contribution in [0.2, 0.25) is 0 Å². The van der Waals surface area contributed by atoms with Crippen LogP contribution >= 0.6 is 37.2 Å². The minimum Gasteiger partial charge on any atom is -0.321 e. The van der Waals surface area contributed by atoms with Crippen molar-refractivity contribution in [2.24, 2.45) is 5.73 Å². The summed E-state index contributed by atoms with van der Waals surface area (Å²) in [6.45, 7) is 8.02. The molecule has 1 heterocycles. The van der Waals surface area contributed by atoms with Crippen LogP contribution in [0.25, 0.3) is 0 Å². The summed E-state index contributed by atoms with van der Waals surface area (Å²) >= 11 is 0. The van der Waals surface area contributed by atoms with E-state index >= 15 is 0 Å². The molecule has 1 saturated carbocycles. The maximum Gasteiger partial charge on any atom is 0.264 e. The second-order valence-electron chi connectivity index (χ2n) is 5.91. The standard InChI is InChI=1S/C13H25F2N3.3ClH/c1-10(2)17-6-8-18(9-7-17)11-4-3-5-13(14,15)12(11)16;;;/h10-12H,3-9,16H2,1-2H3;3*1H/t11-,12+;;;/m0.../s1. The summed E-state index contributed by atoms with van der Waals surface area (Å²) in [6, 6.07) is -0.589. The molecular weight excluding hydrogens is 343 g/mol. The van der Waals surface area contributed by atoms with Crippen molar-refractivity contribution < 1.29 is 8.78 Å². The number of hydrogen-bond donors (Lipinski definition) is 1. The Morgan fingerprint density at radius 3 is 2.05 bits per heavy atom. The summed E-state index contributed by atoms with van der Waals surface area (Å²) in [5.74, 6) is -2.68. The number of hydrogen-bond acceptors (Lipinski definition) is 3. The highest BCUT2D eigenvalue weighted by atomic mass is 35.5. The smallest absolute Gasteiger partial charge is 0.264 e. The fraction of sp³-hybridized carbons (Fsp3) is 1.00. The Labute approximate surface area is 145 Å². The highest BCUT2D eigenvalue weighted by Crippen LogP contribution is 2.35. The van der Waals surface area contributed by atoms with E-state index in [1.54, 1.807) is 0 Å². The van der Waals surface area contributed by atoms with E-state index in [1.165, 1.54) is 0 Å². The normalized spacial score (nSPS) is 30.0. The van der Waals surface area contributed by atoms with Crippen molar-refractivity contribution >= 4 is 37.2 Å². The van der Waals surface area contributed by atoms with Crippen molar-refractivity contribution in [2.45, 2.75) is 57.2 Å². The van der Waals surface area contributed by atoms with Crippen LogP contribution in [-0.4, -0.2) is 60.0 Å². The third-order valence-electron chi connectivity index (χ3n) is 4.46. The molecule has 2 rings (SSSR count). The number of nitrogens with two attached hydrogens (primary N) is 1. The van der Waals surface area contributed by atoms with Gasteiger partial charge in [-0.25, -0.2) is 8.78 Å². The van der Waals surface area contributed by atoms with E-state index in [0.29, 0.717) is 12.5 Å². The average Bonchev–Trinajstić information content (AvgIpc) is 2.33. The zero-order chi connectivity index (χ0) is 13.3. The Balaban J connectivity index is 0. The Morgan fingerprint density at radius 2 is 1.57 bits per heavy atom. The summed E-state index contributed by atoms with van der Waals surface area (Å²) in [6.07, 6.45) is 1.37. The minimum atomic E-state index is -2.68. The molecule has 1 aliphatic heterocycles. The third kappa shape index (κ3) is 5.63. The summed E-state index contributed by atoms with van der Waals surface area (Å²) in [4.78, 5) is 4.57. The van der Waals surface area contributed by atoms with Gasteiger partial charge in [-0.2, -0.15) is 0 Å². The van der Waals surface area contributed by atoms with Gasteiger partial charge in [0.15, 0.2) is 0 Å². The van der Waals surface area contributed by atoms with Gasteiger partial charge in [-0.05, 0) is 26.7 Å². The van der Waals surface area contributed by atoms with Crippen LogP contribution in [0.15, 0.2) is 0 Å². The molecule has 0 unspecified atom stereocenters. The summed E-state index contributed by atoms with van der Waals surface area (Å²) in [5, 5.41) is 0. The predicted molar refractivity (Wildman–Crippen MR) is 90.6 cm³/mol. The Kier molecular flexibility index (Phi) is 11.0. The lowest BCUT2D eigenvalue weighted by atomic mass is 9.86. The molecule has 0 aromatic rings. The zero-order valence-corrected chi connectivity index (χ0v) is 15.1. The topological polar surface area (TPSA) is 32.5 Å². The lowest BCUT2D eigenvalue weighted by Crippen LogP contribution is -2.62. The Bertz CT molecular complexity index is 288. The molecule has 21 heavy (non-hydrogen) atoms. The fourth-order valence-electron chi connectivity index (χ4n) is 3.17. The molecule has 2 atom stereocenters. The molecule has 1 aliphatic carbocycles. The molecule has 2 fully saturated rings. The van der Waals surface area contributed by atoms with Crippen LogP contribution in [0, 0.1) is 0 Å². The molecule has 2 aliphatic rings. The number of piperazine rings is 1. The van der Waals surface area contributed by atoms with Crippen LogP contribution in [-0.2, 0) is 0 Å². The number of rotatable bonds is 2. The molecular formula is C13H28Cl3F2N3. The fourth-order valence-corrected chi connectivity index (χ4v) is 3.17. The molecule has 0 aromatic heterocycles. The highest BCUT2D eigenvalue weighted by molar-refractivity contribution is 5.86. The molecule has 0 aromatic carbocycles. The van der Waals surface area contributed by atoms with Gasteiger partial charge < -0.3 is 5.73 Å². The van der Waals surface area contributed by atoms with Crippen LogP contribution in [0.1, 0.15) is 33.1 Å². The van der Waals surface area contributed by atoms with Crippen molar-refractivity contribution in [1.29, 1.82) is 0 Å². The molecule has 0 amide bonds. The summed E-state index contributed by atoms with van der Waals surface area (Å²) in [7, 11) is 0. The lowest BCUT2D eigenvalue weighted by molar-refractivity contribution is -0.0882. The molecule has 3 nitrogen and oxygen atoms in total. The highest BCUT2D eigenvalue weighted by Gasteiger charge is 2.46. The first-order valence-electron chi connectivity index (χ1n) is 7.03. The second kappa shape index (κ2) is 9.68. The molecule has 0 radical (unpaired) electrons. The molecule has 1 saturated heterocycles. The molecule has 2 N–H and O–H groups in total. The number of nitrogens with zero attached hydrogens (tertiary/aromatic N) is 2. The van der Waals surface area contributed by atoms with Gasteiger partial charge in [0.2, 0.25) is 0 Å². The van der Waals surface area contributed by atoms with E-state index in [1.807, 2.05) is 0 Å². The van der Waals surface area contributed by atoms with Gasteiger partial charge in [0.25, 0.3) is 5.92 Å².